The number of likely N-dealkylation sites (tertiary alicyclic amines) is 1. The fourth-order valence-electron chi connectivity index (χ4n) is 6.59. The number of carbonyl (C=O) groups is 4. The maximum atomic E-state index is 15.0. The van der Waals surface area contributed by atoms with Crippen molar-refractivity contribution in [3.8, 4) is 11.1 Å². The molecule has 13 heteroatoms. The van der Waals surface area contributed by atoms with E-state index in [9.17, 15) is 33.1 Å². The fraction of sp³-hybridized carbons (Fsp3) is 0.278. The minimum absolute atomic E-state index is 0.0312. The van der Waals surface area contributed by atoms with Crippen LogP contribution in [0, 0.1) is 5.82 Å². The van der Waals surface area contributed by atoms with Crippen molar-refractivity contribution in [1.82, 2.24) is 14.8 Å². The van der Waals surface area contributed by atoms with Gasteiger partial charge in [0.2, 0.25) is 0 Å². The summed E-state index contributed by atoms with van der Waals surface area (Å²) in [6.45, 7) is 6.12. The molecule has 0 aromatic heterocycles. The lowest BCUT2D eigenvalue weighted by atomic mass is 9.85. The molecule has 1 saturated heterocycles. The number of halogens is 2. The van der Waals surface area contributed by atoms with Gasteiger partial charge in [-0.15, -0.1) is 0 Å². The van der Waals surface area contributed by atoms with E-state index in [1.165, 1.54) is 52.4 Å². The van der Waals surface area contributed by atoms with Gasteiger partial charge in [0.1, 0.15) is 17.7 Å². The van der Waals surface area contributed by atoms with Crippen molar-refractivity contribution >= 4 is 29.4 Å². The van der Waals surface area contributed by atoms with E-state index < -0.39 is 41.5 Å². The summed E-state index contributed by atoms with van der Waals surface area (Å²) in [6, 6.07) is 13.1. The zero-order valence-electron chi connectivity index (χ0n) is 26.7. The fourth-order valence-corrected chi connectivity index (χ4v) is 6.59. The van der Waals surface area contributed by atoms with Gasteiger partial charge in [0.15, 0.2) is 6.04 Å². The molecule has 2 N–H and O–H groups in total. The van der Waals surface area contributed by atoms with Gasteiger partial charge in [-0.25, -0.2) is 18.6 Å². The first-order valence-corrected chi connectivity index (χ1v) is 15.9. The van der Waals surface area contributed by atoms with Crippen LogP contribution in [0.2, 0.25) is 0 Å². The molecule has 2 unspecified atom stereocenters. The number of amides is 3. The van der Waals surface area contributed by atoms with Gasteiger partial charge in [0.25, 0.3) is 17.7 Å². The number of fused-ring (bicyclic) bond motifs is 1. The van der Waals surface area contributed by atoms with Gasteiger partial charge in [-0.05, 0) is 84.8 Å². The third kappa shape index (κ3) is 6.56. The molecule has 49 heavy (non-hydrogen) atoms. The molecule has 3 aliphatic heterocycles. The highest BCUT2D eigenvalue weighted by molar-refractivity contribution is 6.00. The predicted molar refractivity (Wildman–Crippen MR) is 177 cm³/mol. The molecule has 252 valence electrons. The second-order valence-corrected chi connectivity index (χ2v) is 12.0. The summed E-state index contributed by atoms with van der Waals surface area (Å²) in [6.07, 6.45) is 3.53. The van der Waals surface area contributed by atoms with Crippen molar-refractivity contribution in [3.05, 3.63) is 113 Å². The number of rotatable bonds is 8. The van der Waals surface area contributed by atoms with Gasteiger partial charge in [0.05, 0.1) is 23.4 Å². The molecular formula is C36H34F2N6O5. The lowest BCUT2D eigenvalue weighted by Gasteiger charge is -2.38. The summed E-state index contributed by atoms with van der Waals surface area (Å²) in [5.41, 5.74) is 2.96. The number of hydrogen-bond acceptors (Lipinski definition) is 7. The van der Waals surface area contributed by atoms with Crippen molar-refractivity contribution in [2.45, 2.75) is 38.3 Å². The van der Waals surface area contributed by atoms with Crippen LogP contribution < -0.4 is 5.32 Å². The Hall–Kier alpha value is -5.72. The van der Waals surface area contributed by atoms with Gasteiger partial charge in [0, 0.05) is 25.3 Å². The van der Waals surface area contributed by atoms with E-state index in [4.69, 9.17) is 0 Å². The molecule has 0 saturated carbocycles. The van der Waals surface area contributed by atoms with E-state index >= 15 is 0 Å². The molecule has 3 aromatic carbocycles. The summed E-state index contributed by atoms with van der Waals surface area (Å²) in [7, 11) is 0. The maximum Gasteiger partial charge on any atom is 0.335 e. The molecule has 6 rings (SSSR count). The van der Waals surface area contributed by atoms with E-state index in [0.717, 1.165) is 18.4 Å². The number of nitrogens with one attached hydrogen (secondary N) is 1. The molecule has 0 radical (unpaired) electrons. The van der Waals surface area contributed by atoms with Crippen LogP contribution in [0.5, 0.6) is 0 Å². The normalized spacial score (nSPS) is 18.8. The van der Waals surface area contributed by atoms with E-state index in [-0.39, 0.29) is 35.8 Å². The third-order valence-electron chi connectivity index (χ3n) is 9.01. The van der Waals surface area contributed by atoms with Crippen molar-refractivity contribution in [2.75, 3.05) is 31.5 Å². The molecule has 1 fully saturated rings. The predicted octanol–water partition coefficient (Wildman–Crippen LogP) is 5.93. The first kappa shape index (κ1) is 33.2. The van der Waals surface area contributed by atoms with Crippen LogP contribution in [0.1, 0.15) is 57.7 Å². The molecular weight excluding hydrogens is 634 g/mol. The Morgan fingerprint density at radius 3 is 2.43 bits per heavy atom. The molecule has 3 aromatic rings. The topological polar surface area (TPSA) is 135 Å². The number of benzene rings is 3. The highest BCUT2D eigenvalue weighted by Gasteiger charge is 2.41. The number of hydrogen-bond donors (Lipinski definition) is 2. The Bertz CT molecular complexity index is 1900. The summed E-state index contributed by atoms with van der Waals surface area (Å²) in [5, 5.41) is 21.4. The van der Waals surface area contributed by atoms with E-state index in [2.05, 4.69) is 22.2 Å². The first-order chi connectivity index (χ1) is 23.6. The molecule has 0 aliphatic carbocycles. The summed E-state index contributed by atoms with van der Waals surface area (Å²) >= 11 is 0. The zero-order chi connectivity index (χ0) is 34.8. The van der Waals surface area contributed by atoms with Crippen molar-refractivity contribution in [2.24, 2.45) is 10.3 Å². The Kier molecular flexibility index (Phi) is 9.34. The smallest absolute Gasteiger partial charge is 0.335 e. The van der Waals surface area contributed by atoms with Crippen molar-refractivity contribution in [1.29, 1.82) is 0 Å². The largest absolute Gasteiger partial charge is 0.478 e. The standard InChI is InChI=1S/C36H34F2N6O5/c1-3-31(21(2)37)44-20-30(40-41-44)35(47)43-18-15-26-25(23-11-14-29(38)28(19-23)34(46)42-16-4-5-17-42)7-6-8-27(26)32(43)33(45)39-24-12-9-22(10-13-24)36(48)49/h3,6-14,19,30,32H,2,4-5,15-18,20H2,1H3,(H,39,45)(H,48,49). The monoisotopic (exact) mass is 668 g/mol. The minimum atomic E-state index is -1.15. The van der Waals surface area contributed by atoms with E-state index in [0.29, 0.717) is 41.9 Å². The Balaban J connectivity index is 1.36. The van der Waals surface area contributed by atoms with Crippen LogP contribution in [-0.4, -0.2) is 75.8 Å². The Morgan fingerprint density at radius 2 is 1.76 bits per heavy atom. The maximum absolute atomic E-state index is 15.0. The van der Waals surface area contributed by atoms with Crippen molar-refractivity contribution in [3.63, 3.8) is 0 Å². The zero-order valence-corrected chi connectivity index (χ0v) is 26.7. The number of allylic oxidation sites excluding steroid dienone is 2. The molecule has 3 aliphatic rings. The number of carboxylic acid groups (broad SMARTS) is 1. The van der Waals surface area contributed by atoms with Gasteiger partial charge in [-0.3, -0.25) is 14.4 Å². The second-order valence-electron chi connectivity index (χ2n) is 12.0. The van der Waals surface area contributed by atoms with Crippen LogP contribution >= 0.6 is 0 Å². The molecule has 3 amide bonds. The van der Waals surface area contributed by atoms with Crippen LogP contribution in [0.3, 0.4) is 0 Å². The Labute approximate surface area is 281 Å². The first-order valence-electron chi connectivity index (χ1n) is 15.9. The van der Waals surface area contributed by atoms with Gasteiger partial charge >= 0.3 is 5.97 Å². The van der Waals surface area contributed by atoms with Crippen LogP contribution in [0.4, 0.5) is 14.5 Å². The third-order valence-corrected chi connectivity index (χ3v) is 9.01. The summed E-state index contributed by atoms with van der Waals surface area (Å²) in [4.78, 5) is 55.7. The highest BCUT2D eigenvalue weighted by Crippen LogP contribution is 2.38. The minimum Gasteiger partial charge on any atom is -0.478 e. The van der Waals surface area contributed by atoms with Gasteiger partial charge in [-0.2, -0.15) is 5.11 Å². The summed E-state index contributed by atoms with van der Waals surface area (Å²) in [5.74, 6) is -3.90. The van der Waals surface area contributed by atoms with E-state index in [1.54, 1.807) is 30.0 Å². The van der Waals surface area contributed by atoms with Gasteiger partial charge < -0.3 is 20.2 Å². The average Bonchev–Trinajstić information content (AvgIpc) is 3.81. The number of carboxylic acids is 1. The lowest BCUT2D eigenvalue weighted by molar-refractivity contribution is -0.140. The van der Waals surface area contributed by atoms with E-state index in [1.807, 2.05) is 6.07 Å². The number of anilines is 1. The average molecular weight is 669 g/mol. The summed E-state index contributed by atoms with van der Waals surface area (Å²) < 4.78 is 29.0. The number of aromatic carboxylic acids is 1. The van der Waals surface area contributed by atoms with Gasteiger partial charge in [-0.1, -0.05) is 42.1 Å². The quantitative estimate of drug-likeness (QED) is 0.286. The van der Waals surface area contributed by atoms with Crippen LogP contribution in [0.15, 0.2) is 95.2 Å². The second kappa shape index (κ2) is 13.8. The Morgan fingerprint density at radius 1 is 1.02 bits per heavy atom. The van der Waals surface area contributed by atoms with Crippen LogP contribution in [-0.2, 0) is 16.0 Å². The molecule has 11 nitrogen and oxygen atoms in total. The molecule has 2 atom stereocenters. The molecule has 3 heterocycles. The number of nitrogens with zero attached hydrogens (tertiary/aromatic N) is 5. The SMILES string of the molecule is C=C(F)C(=CC)N1CC(C(=O)N2CCc3c(-c4ccc(F)c(C(=O)N5CCCC5)c4)cccc3C2C(=O)Nc2ccc(C(=O)O)cc2)N=N1. The molecule has 0 spiro atoms. The number of carbonyl (C=O) groups excluding carboxylic acids is 3. The lowest BCUT2D eigenvalue weighted by Crippen LogP contribution is -2.49. The van der Waals surface area contributed by atoms with Crippen molar-refractivity contribution < 1.29 is 33.1 Å². The molecule has 0 bridgehead atoms. The van der Waals surface area contributed by atoms with Crippen LogP contribution in [0.25, 0.3) is 11.1 Å². The highest BCUT2D eigenvalue weighted by atomic mass is 19.1.